The Morgan fingerprint density at radius 2 is 1.93 bits per heavy atom. The van der Waals surface area contributed by atoms with Gasteiger partial charge in [-0.2, -0.15) is 0 Å². The highest BCUT2D eigenvalue weighted by atomic mass is 16.5. The Hall–Kier alpha value is -3.28. The number of fused-ring (bicyclic) bond motifs is 1. The van der Waals surface area contributed by atoms with Gasteiger partial charge in [-0.3, -0.25) is 4.79 Å². The van der Waals surface area contributed by atoms with Crippen molar-refractivity contribution in [3.63, 3.8) is 0 Å². The van der Waals surface area contributed by atoms with Crippen LogP contribution in [-0.4, -0.2) is 36.2 Å². The molecule has 6 heteroatoms. The third kappa shape index (κ3) is 4.32. The minimum Gasteiger partial charge on any atom is -0.493 e. The van der Waals surface area contributed by atoms with Crippen LogP contribution in [-0.2, 0) is 19.4 Å². The monoisotopic (exact) mass is 405 g/mol. The number of hydrogen-bond donors (Lipinski definition) is 1. The van der Waals surface area contributed by atoms with Crippen molar-refractivity contribution in [2.75, 3.05) is 20.8 Å². The van der Waals surface area contributed by atoms with E-state index in [1.807, 2.05) is 30.5 Å². The van der Waals surface area contributed by atoms with E-state index in [4.69, 9.17) is 9.47 Å². The molecule has 0 fully saturated rings. The first-order valence-electron chi connectivity index (χ1n) is 10.3. The Kier molecular flexibility index (Phi) is 6.02. The summed E-state index contributed by atoms with van der Waals surface area (Å²) < 4.78 is 12.7. The molecule has 0 aliphatic carbocycles. The van der Waals surface area contributed by atoms with Gasteiger partial charge in [-0.15, -0.1) is 0 Å². The summed E-state index contributed by atoms with van der Waals surface area (Å²) in [5, 5.41) is 2.98. The first-order valence-corrected chi connectivity index (χ1v) is 10.3. The van der Waals surface area contributed by atoms with Gasteiger partial charge in [0.1, 0.15) is 11.5 Å². The SMILES string of the molecule is COc1ccc(CCNC(=O)c2cn3c(n2)CCC(c2ccccc2)C3)cc1OC. The van der Waals surface area contributed by atoms with Gasteiger partial charge in [0.2, 0.25) is 0 Å². The molecular weight excluding hydrogens is 378 g/mol. The maximum Gasteiger partial charge on any atom is 0.271 e. The van der Waals surface area contributed by atoms with Crippen molar-refractivity contribution < 1.29 is 14.3 Å². The highest BCUT2D eigenvalue weighted by molar-refractivity contribution is 5.92. The number of hydrogen-bond acceptors (Lipinski definition) is 4. The zero-order chi connectivity index (χ0) is 20.9. The number of benzene rings is 2. The molecule has 1 aliphatic heterocycles. The Labute approximate surface area is 176 Å². The molecule has 6 nitrogen and oxygen atoms in total. The standard InChI is InChI=1S/C24H27N3O3/c1-29-21-10-8-17(14-22(21)30-2)12-13-25-24(28)20-16-27-15-19(9-11-23(27)26-20)18-6-4-3-5-7-18/h3-8,10,14,16,19H,9,11-13,15H2,1-2H3,(H,25,28). The van der Waals surface area contributed by atoms with Gasteiger partial charge < -0.3 is 19.4 Å². The van der Waals surface area contributed by atoms with E-state index >= 15 is 0 Å². The van der Waals surface area contributed by atoms with Crippen molar-refractivity contribution in [1.29, 1.82) is 0 Å². The number of rotatable bonds is 7. The second-order valence-electron chi connectivity index (χ2n) is 7.54. The fourth-order valence-corrected chi connectivity index (χ4v) is 4.00. The lowest BCUT2D eigenvalue weighted by molar-refractivity contribution is 0.0949. The fourth-order valence-electron chi connectivity index (χ4n) is 4.00. The lowest BCUT2D eigenvalue weighted by atomic mass is 9.92. The summed E-state index contributed by atoms with van der Waals surface area (Å²) >= 11 is 0. The van der Waals surface area contributed by atoms with E-state index in [1.54, 1.807) is 14.2 Å². The molecule has 0 saturated carbocycles. The number of nitrogens with zero attached hydrogens (tertiary/aromatic N) is 2. The predicted molar refractivity (Wildman–Crippen MR) is 115 cm³/mol. The van der Waals surface area contributed by atoms with Gasteiger partial charge in [0, 0.05) is 31.6 Å². The van der Waals surface area contributed by atoms with Crippen molar-refractivity contribution in [3.05, 3.63) is 77.4 Å². The lowest BCUT2D eigenvalue weighted by Crippen LogP contribution is -2.26. The third-order valence-corrected chi connectivity index (χ3v) is 5.64. The fraction of sp³-hybridized carbons (Fsp3) is 0.333. The van der Waals surface area contributed by atoms with Crippen molar-refractivity contribution >= 4 is 5.91 Å². The minimum atomic E-state index is -0.131. The zero-order valence-corrected chi connectivity index (χ0v) is 17.4. The number of methoxy groups -OCH3 is 2. The van der Waals surface area contributed by atoms with Gasteiger partial charge in [-0.25, -0.2) is 4.98 Å². The number of carbonyl (C=O) groups excluding carboxylic acids is 1. The van der Waals surface area contributed by atoms with Crippen LogP contribution in [0.3, 0.4) is 0 Å². The van der Waals surface area contributed by atoms with Gasteiger partial charge in [-0.05, 0) is 36.1 Å². The minimum absolute atomic E-state index is 0.131. The van der Waals surface area contributed by atoms with E-state index in [-0.39, 0.29) is 5.91 Å². The zero-order valence-electron chi connectivity index (χ0n) is 17.4. The maximum atomic E-state index is 12.6. The van der Waals surface area contributed by atoms with Gasteiger partial charge in [0.05, 0.1) is 14.2 Å². The Morgan fingerprint density at radius 3 is 2.70 bits per heavy atom. The quantitative estimate of drug-likeness (QED) is 0.652. The van der Waals surface area contributed by atoms with E-state index in [1.165, 1.54) is 5.56 Å². The molecule has 2 aromatic carbocycles. The number of imidazole rings is 1. The van der Waals surface area contributed by atoms with Crippen molar-refractivity contribution in [3.8, 4) is 11.5 Å². The summed E-state index contributed by atoms with van der Waals surface area (Å²) in [5.41, 5.74) is 2.91. The summed E-state index contributed by atoms with van der Waals surface area (Å²) in [4.78, 5) is 17.2. The molecule has 0 radical (unpaired) electrons. The molecule has 1 aliphatic rings. The molecule has 0 saturated heterocycles. The summed E-state index contributed by atoms with van der Waals surface area (Å²) in [5.74, 6) is 2.72. The number of aryl methyl sites for hydroxylation is 1. The van der Waals surface area contributed by atoms with E-state index in [2.05, 4.69) is 39.1 Å². The van der Waals surface area contributed by atoms with Crippen LogP contribution in [0.5, 0.6) is 11.5 Å². The van der Waals surface area contributed by atoms with Gasteiger partial charge >= 0.3 is 0 Å². The van der Waals surface area contributed by atoms with E-state index in [9.17, 15) is 4.79 Å². The third-order valence-electron chi connectivity index (χ3n) is 5.64. The Bertz CT molecular complexity index is 1010. The highest BCUT2D eigenvalue weighted by Crippen LogP contribution is 2.29. The molecule has 0 spiro atoms. The van der Waals surface area contributed by atoms with Crippen LogP contribution >= 0.6 is 0 Å². The van der Waals surface area contributed by atoms with E-state index in [0.717, 1.165) is 30.8 Å². The van der Waals surface area contributed by atoms with E-state index < -0.39 is 0 Å². The molecule has 0 bridgehead atoms. The lowest BCUT2D eigenvalue weighted by Gasteiger charge is -2.23. The summed E-state index contributed by atoms with van der Waals surface area (Å²) in [6, 6.07) is 16.3. The number of carbonyl (C=O) groups is 1. The van der Waals surface area contributed by atoms with Gasteiger partial charge in [-0.1, -0.05) is 36.4 Å². The maximum absolute atomic E-state index is 12.6. The number of amides is 1. The Morgan fingerprint density at radius 1 is 1.13 bits per heavy atom. The van der Waals surface area contributed by atoms with Crippen molar-refractivity contribution in [2.24, 2.45) is 0 Å². The summed E-state index contributed by atoms with van der Waals surface area (Å²) in [6.07, 6.45) is 4.53. The Balaban J connectivity index is 1.35. The van der Waals surface area contributed by atoms with Crippen LogP contribution in [0.2, 0.25) is 0 Å². The topological polar surface area (TPSA) is 65.4 Å². The molecule has 2 heterocycles. The van der Waals surface area contributed by atoms with Crippen molar-refractivity contribution in [2.45, 2.75) is 31.7 Å². The van der Waals surface area contributed by atoms with Crippen LogP contribution in [0.4, 0.5) is 0 Å². The molecule has 1 unspecified atom stereocenters. The average Bonchev–Trinajstić information content (AvgIpc) is 3.23. The summed E-state index contributed by atoms with van der Waals surface area (Å²) in [6.45, 7) is 1.40. The number of aromatic nitrogens is 2. The molecule has 30 heavy (non-hydrogen) atoms. The number of nitrogens with one attached hydrogen (secondary N) is 1. The molecule has 1 atom stereocenters. The predicted octanol–water partition coefficient (Wildman–Crippen LogP) is 3.60. The van der Waals surface area contributed by atoms with Crippen LogP contribution in [0.25, 0.3) is 0 Å². The highest BCUT2D eigenvalue weighted by Gasteiger charge is 2.23. The van der Waals surface area contributed by atoms with Crippen LogP contribution in [0.15, 0.2) is 54.7 Å². The van der Waals surface area contributed by atoms with Crippen molar-refractivity contribution in [1.82, 2.24) is 14.9 Å². The van der Waals surface area contributed by atoms with E-state index in [0.29, 0.717) is 36.1 Å². The molecule has 156 valence electrons. The molecule has 1 amide bonds. The van der Waals surface area contributed by atoms with Crippen LogP contribution in [0.1, 0.15) is 39.8 Å². The normalized spacial score (nSPS) is 15.3. The van der Waals surface area contributed by atoms with Gasteiger partial charge in [0.25, 0.3) is 5.91 Å². The van der Waals surface area contributed by atoms with Crippen LogP contribution < -0.4 is 14.8 Å². The molecule has 4 rings (SSSR count). The smallest absolute Gasteiger partial charge is 0.271 e. The molecule has 3 aromatic rings. The number of ether oxygens (including phenoxy) is 2. The second kappa shape index (κ2) is 9.03. The first kappa shape index (κ1) is 20.0. The second-order valence-corrected chi connectivity index (χ2v) is 7.54. The summed E-state index contributed by atoms with van der Waals surface area (Å²) in [7, 11) is 3.23. The van der Waals surface area contributed by atoms with Gasteiger partial charge in [0.15, 0.2) is 11.5 Å². The molecule has 1 aromatic heterocycles. The first-order chi connectivity index (χ1) is 14.7. The average molecular weight is 405 g/mol. The van der Waals surface area contributed by atoms with Crippen LogP contribution in [0, 0.1) is 0 Å². The molecule has 1 N–H and O–H groups in total. The molecular formula is C24H27N3O3. The largest absolute Gasteiger partial charge is 0.493 e.